The second-order valence-electron chi connectivity index (χ2n) is 7.59. The minimum absolute atomic E-state index is 0.0980. The highest BCUT2D eigenvalue weighted by molar-refractivity contribution is 6.31. The van der Waals surface area contributed by atoms with Crippen molar-refractivity contribution in [3.8, 4) is 5.75 Å². The van der Waals surface area contributed by atoms with E-state index in [0.29, 0.717) is 12.3 Å². The fourth-order valence-corrected chi connectivity index (χ4v) is 2.93. The molecule has 0 spiro atoms. The number of rotatable bonds is 7. The molecule has 0 saturated heterocycles. The topological polar surface area (TPSA) is 44.1 Å². The van der Waals surface area contributed by atoms with Gasteiger partial charge < -0.3 is 4.74 Å². The number of unbranched alkanes of at least 4 members (excludes halogenated alkanes) is 1. The number of hydrogen-bond acceptors (Lipinski definition) is 3. The van der Waals surface area contributed by atoms with Crippen LogP contribution in [0.2, 0.25) is 5.02 Å². The summed E-state index contributed by atoms with van der Waals surface area (Å²) in [5.41, 5.74) is 2.15. The maximum Gasteiger partial charge on any atom is 0.289 e. The third-order valence-electron chi connectivity index (χ3n) is 4.46. The van der Waals surface area contributed by atoms with Crippen molar-refractivity contribution in [3.05, 3.63) is 57.0 Å². The molecule has 0 aliphatic heterocycles. The first-order chi connectivity index (χ1) is 12.3. The third kappa shape index (κ3) is 4.88. The van der Waals surface area contributed by atoms with Crippen LogP contribution in [0.3, 0.4) is 0 Å². The minimum Gasteiger partial charge on any atom is -0.482 e. The predicted molar refractivity (Wildman–Crippen MR) is 107 cm³/mol. The molecule has 4 nitrogen and oxygen atoms in total. The highest BCUT2D eigenvalue weighted by atomic mass is 35.5. The van der Waals surface area contributed by atoms with Gasteiger partial charge in [-0.1, -0.05) is 76.9 Å². The molecule has 0 radical (unpaired) electrons. The normalized spacial score (nSPS) is 12.8. The summed E-state index contributed by atoms with van der Waals surface area (Å²) in [5.74, 6) is 0.344. The summed E-state index contributed by atoms with van der Waals surface area (Å²) in [4.78, 5) is 12.3. The molecule has 1 heterocycles. The maximum absolute atomic E-state index is 12.3. The molecule has 0 saturated carbocycles. The third-order valence-corrected chi connectivity index (χ3v) is 4.81. The van der Waals surface area contributed by atoms with E-state index in [2.05, 4.69) is 57.1 Å². The Labute approximate surface area is 161 Å². The zero-order valence-electron chi connectivity index (χ0n) is 16.4. The lowest BCUT2D eigenvalue weighted by Crippen LogP contribution is -2.24. The van der Waals surface area contributed by atoms with Crippen LogP contribution >= 0.6 is 11.6 Å². The lowest BCUT2D eigenvalue weighted by Gasteiger charge is -2.22. The molecule has 0 amide bonds. The highest BCUT2D eigenvalue weighted by Crippen LogP contribution is 2.30. The summed E-state index contributed by atoms with van der Waals surface area (Å²) < 4.78 is 7.44. The van der Waals surface area contributed by atoms with Crippen molar-refractivity contribution in [3.63, 3.8) is 0 Å². The first-order valence-electron chi connectivity index (χ1n) is 9.30. The average Bonchev–Trinajstić information content (AvgIpc) is 2.61. The number of halogens is 1. The van der Waals surface area contributed by atoms with Crippen LogP contribution in [0.5, 0.6) is 5.75 Å². The second-order valence-corrected chi connectivity index (χ2v) is 7.97. The van der Waals surface area contributed by atoms with Crippen LogP contribution in [0.1, 0.15) is 71.1 Å². The maximum atomic E-state index is 12.3. The summed E-state index contributed by atoms with van der Waals surface area (Å²) in [5, 5.41) is 4.30. The van der Waals surface area contributed by atoms with Crippen molar-refractivity contribution in [1.29, 1.82) is 0 Å². The van der Waals surface area contributed by atoms with Crippen LogP contribution in [-0.4, -0.2) is 9.78 Å². The molecule has 5 heteroatoms. The Hall–Kier alpha value is -1.81. The SMILES string of the molecule is CCCCn1ncc(OC(CC)c2ccc(C(C)(C)C)cc2)c(Cl)c1=O. The van der Waals surface area contributed by atoms with Crippen molar-refractivity contribution in [2.75, 3.05) is 0 Å². The molecule has 0 bridgehead atoms. The molecule has 1 aromatic carbocycles. The number of aryl methyl sites for hydroxylation is 1. The largest absolute Gasteiger partial charge is 0.482 e. The molecular formula is C21H29ClN2O2. The standard InChI is InChI=1S/C21H29ClN2O2/c1-6-8-13-24-20(25)19(22)18(14-23-24)26-17(7-2)15-9-11-16(12-10-15)21(3,4)5/h9-12,14,17H,6-8,13H2,1-5H3. The van der Waals surface area contributed by atoms with Crippen LogP contribution < -0.4 is 10.3 Å². The van der Waals surface area contributed by atoms with Gasteiger partial charge in [-0.05, 0) is 29.4 Å². The van der Waals surface area contributed by atoms with Gasteiger partial charge in [0.2, 0.25) is 0 Å². The summed E-state index contributed by atoms with van der Waals surface area (Å²) in [6.07, 6.45) is 4.03. The van der Waals surface area contributed by atoms with Gasteiger partial charge in [-0.3, -0.25) is 4.79 Å². The van der Waals surface area contributed by atoms with Gasteiger partial charge in [-0.2, -0.15) is 5.10 Å². The van der Waals surface area contributed by atoms with E-state index in [-0.39, 0.29) is 22.1 Å². The fraction of sp³-hybridized carbons (Fsp3) is 0.524. The van der Waals surface area contributed by atoms with E-state index in [9.17, 15) is 4.79 Å². The summed E-state index contributed by atoms with van der Waals surface area (Å²) >= 11 is 6.25. The van der Waals surface area contributed by atoms with Gasteiger partial charge in [0.25, 0.3) is 5.56 Å². The van der Waals surface area contributed by atoms with Gasteiger partial charge in [-0.25, -0.2) is 4.68 Å². The van der Waals surface area contributed by atoms with Gasteiger partial charge in [0, 0.05) is 6.54 Å². The Morgan fingerprint density at radius 3 is 2.38 bits per heavy atom. The monoisotopic (exact) mass is 376 g/mol. The van der Waals surface area contributed by atoms with Gasteiger partial charge in [0.1, 0.15) is 6.10 Å². The van der Waals surface area contributed by atoms with E-state index >= 15 is 0 Å². The van der Waals surface area contributed by atoms with E-state index in [4.69, 9.17) is 16.3 Å². The number of ether oxygens (including phenoxy) is 1. The molecule has 2 aromatic rings. The molecule has 1 unspecified atom stereocenters. The number of benzene rings is 1. The van der Waals surface area contributed by atoms with E-state index in [0.717, 1.165) is 24.8 Å². The number of hydrogen-bond donors (Lipinski definition) is 0. The Morgan fingerprint density at radius 1 is 1.19 bits per heavy atom. The van der Waals surface area contributed by atoms with Gasteiger partial charge in [0.05, 0.1) is 6.20 Å². The predicted octanol–water partition coefficient (Wildman–Crippen LogP) is 5.52. The lowest BCUT2D eigenvalue weighted by atomic mass is 9.86. The molecule has 0 N–H and O–H groups in total. The molecule has 26 heavy (non-hydrogen) atoms. The zero-order chi connectivity index (χ0) is 19.3. The van der Waals surface area contributed by atoms with Gasteiger partial charge in [0.15, 0.2) is 10.8 Å². The first kappa shape index (κ1) is 20.5. The number of aromatic nitrogens is 2. The van der Waals surface area contributed by atoms with Crippen molar-refractivity contribution >= 4 is 11.6 Å². The van der Waals surface area contributed by atoms with E-state index in [1.54, 1.807) is 6.20 Å². The van der Waals surface area contributed by atoms with Crippen LogP contribution in [0.15, 0.2) is 35.3 Å². The first-order valence-corrected chi connectivity index (χ1v) is 9.68. The summed E-state index contributed by atoms with van der Waals surface area (Å²) in [6, 6.07) is 8.42. The Morgan fingerprint density at radius 2 is 1.85 bits per heavy atom. The van der Waals surface area contributed by atoms with E-state index in [1.165, 1.54) is 10.2 Å². The highest BCUT2D eigenvalue weighted by Gasteiger charge is 2.18. The molecular weight excluding hydrogens is 348 g/mol. The van der Waals surface area contributed by atoms with Gasteiger partial charge in [-0.15, -0.1) is 0 Å². The van der Waals surface area contributed by atoms with Gasteiger partial charge >= 0.3 is 0 Å². The van der Waals surface area contributed by atoms with Crippen LogP contribution in [0.4, 0.5) is 0 Å². The average molecular weight is 377 g/mol. The van der Waals surface area contributed by atoms with Crippen molar-refractivity contribution < 1.29 is 4.74 Å². The fourth-order valence-electron chi connectivity index (χ4n) is 2.74. The lowest BCUT2D eigenvalue weighted by molar-refractivity contribution is 0.199. The summed E-state index contributed by atoms with van der Waals surface area (Å²) in [6.45, 7) is 11.3. The van der Waals surface area contributed by atoms with Crippen LogP contribution in [0, 0.1) is 0 Å². The second kappa shape index (κ2) is 8.72. The zero-order valence-corrected chi connectivity index (χ0v) is 17.1. The van der Waals surface area contributed by atoms with E-state index in [1.807, 2.05) is 6.92 Å². The Bertz CT molecular complexity index is 776. The Balaban J connectivity index is 2.22. The molecule has 1 aromatic heterocycles. The molecule has 0 fully saturated rings. The Kier molecular flexibility index (Phi) is 6.87. The van der Waals surface area contributed by atoms with Crippen molar-refractivity contribution in [1.82, 2.24) is 9.78 Å². The van der Waals surface area contributed by atoms with Crippen molar-refractivity contribution in [2.24, 2.45) is 0 Å². The van der Waals surface area contributed by atoms with Crippen LogP contribution in [-0.2, 0) is 12.0 Å². The smallest absolute Gasteiger partial charge is 0.289 e. The van der Waals surface area contributed by atoms with E-state index < -0.39 is 0 Å². The molecule has 142 valence electrons. The number of nitrogens with zero attached hydrogens (tertiary/aromatic N) is 2. The minimum atomic E-state index is -0.296. The molecule has 0 aliphatic rings. The molecule has 1 atom stereocenters. The quantitative estimate of drug-likeness (QED) is 0.638. The molecule has 2 rings (SSSR count). The molecule has 0 aliphatic carbocycles. The van der Waals surface area contributed by atoms with Crippen molar-refractivity contribution in [2.45, 2.75) is 71.9 Å². The summed E-state index contributed by atoms with van der Waals surface area (Å²) in [7, 11) is 0. The van der Waals surface area contributed by atoms with Crippen LogP contribution in [0.25, 0.3) is 0 Å².